The zero-order valence-electron chi connectivity index (χ0n) is 13.4. The van der Waals surface area contributed by atoms with Gasteiger partial charge in [0, 0.05) is 18.8 Å². The SMILES string of the molecule is C=N/C=C(\C=C(/C)F)c1ccc(N(C)C(=O)C(Cl)(Cl)Cl)c(C(F)(F)F)n1. The van der Waals surface area contributed by atoms with Crippen molar-refractivity contribution in [3.05, 3.63) is 41.6 Å². The maximum Gasteiger partial charge on any atom is 0.435 e. The maximum absolute atomic E-state index is 13.4. The van der Waals surface area contributed by atoms with E-state index in [1.54, 1.807) is 0 Å². The van der Waals surface area contributed by atoms with Crippen LogP contribution in [0.1, 0.15) is 18.3 Å². The number of aliphatic imine (C=N–C) groups is 1. The van der Waals surface area contributed by atoms with Gasteiger partial charge in [0.1, 0.15) is 0 Å². The Hall–Kier alpha value is -1.64. The van der Waals surface area contributed by atoms with Crippen molar-refractivity contribution in [1.82, 2.24) is 4.98 Å². The second kappa shape index (κ2) is 8.37. The van der Waals surface area contributed by atoms with E-state index < -0.39 is 33.1 Å². The van der Waals surface area contributed by atoms with Crippen LogP contribution in [0.15, 0.2) is 35.2 Å². The summed E-state index contributed by atoms with van der Waals surface area (Å²) in [5.74, 6) is -1.88. The van der Waals surface area contributed by atoms with Crippen LogP contribution < -0.4 is 4.90 Å². The Labute approximate surface area is 161 Å². The van der Waals surface area contributed by atoms with Crippen molar-refractivity contribution in [2.75, 3.05) is 11.9 Å². The second-order valence-electron chi connectivity index (χ2n) is 4.92. The molecule has 0 saturated carbocycles. The molecular formula is C15H12Cl3F4N3O. The number of rotatable bonds is 4. The first-order valence-electron chi connectivity index (χ1n) is 6.72. The normalized spacial score (nSPS) is 13.6. The first kappa shape index (κ1) is 22.4. The predicted molar refractivity (Wildman–Crippen MR) is 95.3 cm³/mol. The van der Waals surface area contributed by atoms with E-state index in [1.807, 2.05) is 0 Å². The van der Waals surface area contributed by atoms with Crippen molar-refractivity contribution in [2.24, 2.45) is 4.99 Å². The van der Waals surface area contributed by atoms with Crippen molar-refractivity contribution in [2.45, 2.75) is 16.9 Å². The lowest BCUT2D eigenvalue weighted by Crippen LogP contribution is -2.37. The minimum absolute atomic E-state index is 0.0487. The van der Waals surface area contributed by atoms with E-state index in [-0.39, 0.29) is 11.3 Å². The molecule has 11 heteroatoms. The molecule has 0 saturated heterocycles. The molecule has 1 rings (SSSR count). The third-order valence-corrected chi connectivity index (χ3v) is 3.42. The van der Waals surface area contributed by atoms with Crippen LogP contribution in [0.25, 0.3) is 5.57 Å². The summed E-state index contributed by atoms with van der Waals surface area (Å²) >= 11 is 16.3. The lowest BCUT2D eigenvalue weighted by Gasteiger charge is -2.24. The summed E-state index contributed by atoms with van der Waals surface area (Å²) in [6.07, 6.45) is -2.96. The van der Waals surface area contributed by atoms with E-state index in [9.17, 15) is 22.4 Å². The fourth-order valence-electron chi connectivity index (χ4n) is 1.88. The van der Waals surface area contributed by atoms with Crippen LogP contribution in [0, 0.1) is 0 Å². The molecular weight excluding hydrogens is 421 g/mol. The number of halogens is 7. The number of hydrogen-bond donors (Lipinski definition) is 0. The number of aromatic nitrogens is 1. The average Bonchev–Trinajstić information content (AvgIpc) is 2.50. The highest BCUT2D eigenvalue weighted by atomic mass is 35.6. The van der Waals surface area contributed by atoms with E-state index in [2.05, 4.69) is 16.7 Å². The predicted octanol–water partition coefficient (Wildman–Crippen LogP) is 5.35. The standard InChI is InChI=1S/C15H12Cl3F4N3O/c1-8(19)6-9(7-23-2)10-4-5-11(12(24-10)15(20,21)22)25(3)13(26)14(16,17)18/h4-7H,2H2,1,3H3/b8-6+,9-7+. The molecule has 0 atom stereocenters. The molecule has 0 aromatic carbocycles. The number of carbonyl (C=O) groups is 1. The van der Waals surface area contributed by atoms with Gasteiger partial charge in [0.25, 0.3) is 9.70 Å². The number of alkyl halides is 6. The maximum atomic E-state index is 13.4. The van der Waals surface area contributed by atoms with Gasteiger partial charge in [-0.1, -0.05) is 34.8 Å². The zero-order valence-corrected chi connectivity index (χ0v) is 15.7. The molecule has 0 bridgehead atoms. The Kier molecular flexibility index (Phi) is 7.21. The molecule has 0 N–H and O–H groups in total. The molecule has 0 spiro atoms. The summed E-state index contributed by atoms with van der Waals surface area (Å²) in [7, 11) is 1.00. The van der Waals surface area contributed by atoms with Gasteiger partial charge in [0.05, 0.1) is 17.2 Å². The topological polar surface area (TPSA) is 45.6 Å². The Morgan fingerprint density at radius 1 is 1.31 bits per heavy atom. The fourth-order valence-corrected chi connectivity index (χ4v) is 2.26. The zero-order chi connectivity index (χ0) is 20.3. The Bertz CT molecular complexity index is 766. The minimum Gasteiger partial charge on any atom is -0.310 e. The Balaban J connectivity index is 3.59. The molecule has 1 heterocycles. The van der Waals surface area contributed by atoms with Crippen molar-refractivity contribution in [1.29, 1.82) is 0 Å². The Morgan fingerprint density at radius 3 is 2.31 bits per heavy atom. The monoisotopic (exact) mass is 431 g/mol. The fraction of sp³-hybridized carbons (Fsp3) is 0.267. The molecule has 0 aliphatic carbocycles. The van der Waals surface area contributed by atoms with Crippen molar-refractivity contribution in [3.8, 4) is 0 Å². The molecule has 0 unspecified atom stereocenters. The summed E-state index contributed by atoms with van der Waals surface area (Å²) in [5, 5.41) is 0. The van der Waals surface area contributed by atoms with E-state index in [4.69, 9.17) is 34.8 Å². The first-order chi connectivity index (χ1) is 11.8. The van der Waals surface area contributed by atoms with Gasteiger partial charge in [0.2, 0.25) is 0 Å². The smallest absolute Gasteiger partial charge is 0.310 e. The number of allylic oxidation sites excluding steroid dienone is 3. The number of anilines is 1. The lowest BCUT2D eigenvalue weighted by atomic mass is 10.1. The molecule has 0 aliphatic heterocycles. The molecule has 26 heavy (non-hydrogen) atoms. The molecule has 0 radical (unpaired) electrons. The van der Waals surface area contributed by atoms with E-state index in [1.165, 1.54) is 0 Å². The van der Waals surface area contributed by atoms with Crippen LogP contribution in [-0.2, 0) is 11.0 Å². The number of carbonyl (C=O) groups excluding carboxylic acids is 1. The third-order valence-electron chi connectivity index (χ3n) is 2.93. The first-order valence-corrected chi connectivity index (χ1v) is 7.85. The van der Waals surface area contributed by atoms with Crippen LogP contribution in [0.5, 0.6) is 0 Å². The molecule has 0 aliphatic rings. The van der Waals surface area contributed by atoms with Gasteiger partial charge in [-0.3, -0.25) is 9.79 Å². The molecule has 1 aromatic heterocycles. The minimum atomic E-state index is -4.94. The van der Waals surface area contributed by atoms with Gasteiger partial charge in [0.15, 0.2) is 5.69 Å². The van der Waals surface area contributed by atoms with E-state index >= 15 is 0 Å². The highest BCUT2D eigenvalue weighted by Crippen LogP contribution is 2.38. The van der Waals surface area contributed by atoms with Crippen LogP contribution >= 0.6 is 34.8 Å². The van der Waals surface area contributed by atoms with Crippen LogP contribution in [0.3, 0.4) is 0 Å². The highest BCUT2D eigenvalue weighted by molar-refractivity contribution is 6.76. The van der Waals surface area contributed by atoms with Crippen LogP contribution in [0.4, 0.5) is 23.2 Å². The Morgan fingerprint density at radius 2 is 1.88 bits per heavy atom. The van der Waals surface area contributed by atoms with Gasteiger partial charge in [-0.25, -0.2) is 9.37 Å². The third kappa shape index (κ3) is 5.69. The average molecular weight is 433 g/mol. The van der Waals surface area contributed by atoms with Gasteiger partial charge < -0.3 is 4.90 Å². The van der Waals surface area contributed by atoms with Gasteiger partial charge in [-0.05, 0) is 31.9 Å². The lowest BCUT2D eigenvalue weighted by molar-refractivity contribution is -0.140. The number of hydrogen-bond acceptors (Lipinski definition) is 3. The number of pyridine rings is 1. The van der Waals surface area contributed by atoms with Gasteiger partial charge in [-0.15, -0.1) is 0 Å². The number of nitrogens with zero attached hydrogens (tertiary/aromatic N) is 3. The molecule has 0 fully saturated rings. The summed E-state index contributed by atoms with van der Waals surface area (Å²) in [5.41, 5.74) is -2.34. The molecule has 4 nitrogen and oxygen atoms in total. The van der Waals surface area contributed by atoms with Gasteiger partial charge in [-0.2, -0.15) is 13.2 Å². The summed E-state index contributed by atoms with van der Waals surface area (Å²) < 4.78 is 50.9. The second-order valence-corrected chi connectivity index (χ2v) is 7.20. The van der Waals surface area contributed by atoms with Crippen LogP contribution in [-0.4, -0.2) is 28.4 Å². The highest BCUT2D eigenvalue weighted by Gasteiger charge is 2.41. The largest absolute Gasteiger partial charge is 0.435 e. The van der Waals surface area contributed by atoms with Crippen molar-refractivity contribution < 1.29 is 22.4 Å². The summed E-state index contributed by atoms with van der Waals surface area (Å²) in [6.45, 7) is 4.28. The van der Waals surface area contributed by atoms with Gasteiger partial charge >= 0.3 is 6.18 Å². The number of amides is 1. The van der Waals surface area contributed by atoms with Crippen LogP contribution in [0.2, 0.25) is 0 Å². The van der Waals surface area contributed by atoms with Crippen molar-refractivity contribution >= 4 is 58.7 Å². The quantitative estimate of drug-likeness (QED) is 0.279. The molecule has 1 aromatic rings. The molecule has 142 valence electrons. The van der Waals surface area contributed by atoms with E-state index in [0.29, 0.717) is 4.90 Å². The summed E-state index contributed by atoms with van der Waals surface area (Å²) in [4.78, 5) is 19.4. The summed E-state index contributed by atoms with van der Waals surface area (Å²) in [6, 6.07) is 2.10. The van der Waals surface area contributed by atoms with Crippen molar-refractivity contribution in [3.63, 3.8) is 0 Å². The van der Waals surface area contributed by atoms with E-state index in [0.717, 1.165) is 38.4 Å². The molecule has 1 amide bonds.